The van der Waals surface area contributed by atoms with Crippen molar-refractivity contribution in [1.29, 1.82) is 0 Å². The van der Waals surface area contributed by atoms with E-state index in [0.717, 1.165) is 0 Å². The Bertz CT molecular complexity index is 890. The molecule has 0 saturated carbocycles. The van der Waals surface area contributed by atoms with Crippen LogP contribution in [-0.2, 0) is 4.74 Å². The Hall–Kier alpha value is -3.73. The third-order valence-corrected chi connectivity index (χ3v) is 3.80. The molecule has 2 aromatic carbocycles. The van der Waals surface area contributed by atoms with E-state index in [4.69, 9.17) is 28.4 Å². The van der Waals surface area contributed by atoms with Gasteiger partial charge in [-0.3, -0.25) is 5.32 Å². The van der Waals surface area contributed by atoms with Gasteiger partial charge in [-0.1, -0.05) is 11.8 Å². The number of carbonyl (C=O) groups excluding carboxylic acids is 1. The molecular weight excluding hydrogens is 378 g/mol. The van der Waals surface area contributed by atoms with Crippen LogP contribution in [-0.4, -0.2) is 48.2 Å². The highest BCUT2D eigenvalue weighted by Gasteiger charge is 2.14. The van der Waals surface area contributed by atoms with Crippen molar-refractivity contribution in [3.05, 3.63) is 35.9 Å². The Labute approximate surface area is 169 Å². The molecule has 0 bridgehead atoms. The second kappa shape index (κ2) is 10.6. The van der Waals surface area contributed by atoms with Crippen LogP contribution in [0, 0.1) is 11.8 Å². The van der Waals surface area contributed by atoms with E-state index in [0.29, 0.717) is 40.0 Å². The molecule has 0 fully saturated rings. The van der Waals surface area contributed by atoms with Gasteiger partial charge < -0.3 is 28.4 Å². The molecule has 0 atom stereocenters. The quantitative estimate of drug-likeness (QED) is 0.713. The van der Waals surface area contributed by atoms with Crippen molar-refractivity contribution in [3.8, 4) is 40.6 Å². The highest BCUT2D eigenvalue weighted by atomic mass is 16.5. The van der Waals surface area contributed by atoms with Crippen molar-refractivity contribution in [2.24, 2.45) is 0 Å². The minimum Gasteiger partial charge on any atom is -0.493 e. The average Bonchev–Trinajstić information content (AvgIpc) is 2.75. The van der Waals surface area contributed by atoms with E-state index in [-0.39, 0.29) is 6.61 Å². The van der Waals surface area contributed by atoms with Gasteiger partial charge in [0.05, 0.1) is 41.2 Å². The fraction of sp³-hybridized carbons (Fsp3) is 0.286. The molecule has 8 nitrogen and oxygen atoms in total. The van der Waals surface area contributed by atoms with Gasteiger partial charge in [0.1, 0.15) is 0 Å². The molecule has 2 rings (SSSR count). The summed E-state index contributed by atoms with van der Waals surface area (Å²) in [6.45, 7) is -0.0927. The summed E-state index contributed by atoms with van der Waals surface area (Å²) in [5, 5.41) is 2.59. The molecule has 0 aliphatic carbocycles. The van der Waals surface area contributed by atoms with Gasteiger partial charge in [0.25, 0.3) is 0 Å². The molecule has 0 unspecified atom stereocenters. The molecule has 0 spiro atoms. The summed E-state index contributed by atoms with van der Waals surface area (Å²) in [6, 6.07) is 8.46. The molecular formula is C21H23NO7. The van der Waals surface area contributed by atoms with Crippen LogP contribution in [0.2, 0.25) is 0 Å². The predicted molar refractivity (Wildman–Crippen MR) is 107 cm³/mol. The van der Waals surface area contributed by atoms with E-state index >= 15 is 0 Å². The number of methoxy groups -OCH3 is 5. The summed E-state index contributed by atoms with van der Waals surface area (Å²) in [5.41, 5.74) is 1.13. The Morgan fingerprint density at radius 3 is 2.00 bits per heavy atom. The number of ether oxygens (including phenoxy) is 6. The normalized spacial score (nSPS) is 9.55. The predicted octanol–water partition coefficient (Wildman–Crippen LogP) is 3.33. The topological polar surface area (TPSA) is 84.5 Å². The Morgan fingerprint density at radius 1 is 0.828 bits per heavy atom. The summed E-state index contributed by atoms with van der Waals surface area (Å²) in [4.78, 5) is 12.0. The molecule has 0 saturated heterocycles. The lowest BCUT2D eigenvalue weighted by Gasteiger charge is -2.14. The summed E-state index contributed by atoms with van der Waals surface area (Å²) < 4.78 is 31.2. The third-order valence-electron chi connectivity index (χ3n) is 3.80. The van der Waals surface area contributed by atoms with Crippen LogP contribution in [0.25, 0.3) is 0 Å². The first-order valence-corrected chi connectivity index (χ1v) is 8.51. The first-order chi connectivity index (χ1) is 14.1. The molecule has 8 heteroatoms. The molecule has 154 valence electrons. The van der Waals surface area contributed by atoms with Crippen LogP contribution < -0.4 is 29.0 Å². The van der Waals surface area contributed by atoms with Gasteiger partial charge >= 0.3 is 6.09 Å². The smallest absolute Gasteiger partial charge is 0.412 e. The molecule has 0 heterocycles. The summed E-state index contributed by atoms with van der Waals surface area (Å²) in [5.74, 6) is 8.10. The lowest BCUT2D eigenvalue weighted by atomic mass is 10.2. The van der Waals surface area contributed by atoms with Crippen LogP contribution in [0.5, 0.6) is 28.7 Å². The SMILES string of the molecule is COc1ccc(C#CCOC(=O)Nc2cc(OC)c(OC)c(OC)c2)cc1OC. The summed E-state index contributed by atoms with van der Waals surface area (Å²) in [7, 11) is 7.58. The number of amides is 1. The van der Waals surface area contributed by atoms with Crippen molar-refractivity contribution in [3.63, 3.8) is 0 Å². The van der Waals surface area contributed by atoms with E-state index in [1.54, 1.807) is 44.6 Å². The van der Waals surface area contributed by atoms with E-state index in [2.05, 4.69) is 17.2 Å². The van der Waals surface area contributed by atoms with E-state index in [1.807, 2.05) is 0 Å². The molecule has 0 aliphatic rings. The number of benzene rings is 2. The first-order valence-electron chi connectivity index (χ1n) is 8.51. The Balaban J connectivity index is 1.99. The van der Waals surface area contributed by atoms with Gasteiger partial charge in [0.15, 0.2) is 29.6 Å². The maximum atomic E-state index is 12.0. The Kier molecular flexibility index (Phi) is 7.86. The van der Waals surface area contributed by atoms with Crippen molar-refractivity contribution in [2.75, 3.05) is 47.5 Å². The van der Waals surface area contributed by atoms with Crippen molar-refractivity contribution in [2.45, 2.75) is 0 Å². The standard InChI is InChI=1S/C21H23NO7/c1-24-16-9-8-14(11-17(16)25-2)7-6-10-29-21(23)22-15-12-18(26-3)20(28-5)19(13-15)27-4/h8-9,11-13H,10H2,1-5H3,(H,22,23). The molecule has 2 aromatic rings. The number of rotatable bonds is 7. The number of carbonyl (C=O) groups is 1. The molecule has 0 radical (unpaired) electrons. The summed E-state index contributed by atoms with van der Waals surface area (Å²) >= 11 is 0. The zero-order valence-corrected chi connectivity index (χ0v) is 17.0. The molecule has 29 heavy (non-hydrogen) atoms. The molecule has 1 N–H and O–H groups in total. The molecule has 1 amide bonds. The largest absolute Gasteiger partial charge is 0.493 e. The van der Waals surface area contributed by atoms with E-state index in [9.17, 15) is 4.79 Å². The van der Waals surface area contributed by atoms with Crippen LogP contribution in [0.4, 0.5) is 10.5 Å². The van der Waals surface area contributed by atoms with Crippen molar-refractivity contribution >= 4 is 11.8 Å². The van der Waals surface area contributed by atoms with E-state index in [1.165, 1.54) is 21.3 Å². The zero-order chi connectivity index (χ0) is 21.2. The van der Waals surface area contributed by atoms with Gasteiger partial charge in [-0.15, -0.1) is 0 Å². The molecule has 0 aliphatic heterocycles. The fourth-order valence-electron chi connectivity index (χ4n) is 2.46. The average molecular weight is 401 g/mol. The lowest BCUT2D eigenvalue weighted by Crippen LogP contribution is -2.14. The van der Waals surface area contributed by atoms with Gasteiger partial charge in [-0.25, -0.2) is 4.79 Å². The fourth-order valence-corrected chi connectivity index (χ4v) is 2.46. The minimum atomic E-state index is -0.666. The highest BCUT2D eigenvalue weighted by molar-refractivity contribution is 5.86. The zero-order valence-electron chi connectivity index (χ0n) is 17.0. The third kappa shape index (κ3) is 5.62. The number of nitrogens with one attached hydrogen (secondary N) is 1. The van der Waals surface area contributed by atoms with Crippen LogP contribution >= 0.6 is 0 Å². The van der Waals surface area contributed by atoms with Gasteiger partial charge in [0, 0.05) is 17.7 Å². The van der Waals surface area contributed by atoms with Crippen LogP contribution in [0.1, 0.15) is 5.56 Å². The maximum absolute atomic E-state index is 12.0. The summed E-state index contributed by atoms with van der Waals surface area (Å²) in [6.07, 6.45) is -0.666. The number of hydrogen-bond acceptors (Lipinski definition) is 7. The number of hydrogen-bond donors (Lipinski definition) is 1. The van der Waals surface area contributed by atoms with Crippen molar-refractivity contribution < 1.29 is 33.2 Å². The second-order valence-corrected chi connectivity index (χ2v) is 5.49. The first kappa shape index (κ1) is 21.6. The lowest BCUT2D eigenvalue weighted by molar-refractivity contribution is 0.176. The highest BCUT2D eigenvalue weighted by Crippen LogP contribution is 2.39. The maximum Gasteiger partial charge on any atom is 0.412 e. The monoisotopic (exact) mass is 401 g/mol. The van der Waals surface area contributed by atoms with E-state index < -0.39 is 6.09 Å². The van der Waals surface area contributed by atoms with Crippen molar-refractivity contribution in [1.82, 2.24) is 0 Å². The van der Waals surface area contributed by atoms with Gasteiger partial charge in [-0.2, -0.15) is 0 Å². The van der Waals surface area contributed by atoms with Gasteiger partial charge in [-0.05, 0) is 18.2 Å². The number of anilines is 1. The van der Waals surface area contributed by atoms with Gasteiger partial charge in [0.2, 0.25) is 5.75 Å². The Morgan fingerprint density at radius 2 is 1.45 bits per heavy atom. The second-order valence-electron chi connectivity index (χ2n) is 5.49. The van der Waals surface area contributed by atoms with Crippen LogP contribution in [0.15, 0.2) is 30.3 Å². The molecule has 0 aromatic heterocycles. The van der Waals surface area contributed by atoms with Crippen LogP contribution in [0.3, 0.4) is 0 Å². The minimum absolute atomic E-state index is 0.0927.